The molecule has 1 heterocycles. The van der Waals surface area contributed by atoms with E-state index in [1.807, 2.05) is 12.5 Å². The average molecular weight is 241 g/mol. The highest BCUT2D eigenvalue weighted by Gasteiger charge is 2.10. The van der Waals surface area contributed by atoms with E-state index in [1.54, 1.807) is 7.11 Å². The second-order valence-electron chi connectivity index (χ2n) is 4.43. The van der Waals surface area contributed by atoms with Gasteiger partial charge in [-0.3, -0.25) is 0 Å². The second-order valence-corrected chi connectivity index (χ2v) is 4.43. The Balaban J connectivity index is 2.49. The lowest BCUT2D eigenvalue weighted by Gasteiger charge is -2.18. The fourth-order valence-corrected chi connectivity index (χ4v) is 1.78. The Kier molecular flexibility index (Phi) is 6.18. The van der Waals surface area contributed by atoms with Crippen LogP contribution >= 0.6 is 0 Å². The molecule has 1 unspecified atom stereocenters. The smallest absolute Gasteiger partial charge is 0.0951 e. The quantitative estimate of drug-likeness (QED) is 0.711. The van der Waals surface area contributed by atoms with E-state index in [4.69, 9.17) is 9.84 Å². The number of nitrogens with zero attached hydrogens (tertiary/aromatic N) is 2. The third kappa shape index (κ3) is 4.46. The molecular weight excluding hydrogens is 218 g/mol. The number of methoxy groups -OCH3 is 1. The average Bonchev–Trinajstić information content (AvgIpc) is 2.74. The highest BCUT2D eigenvalue weighted by atomic mass is 16.5. The Bertz CT molecular complexity index is 306. The fraction of sp³-hybridized carbons (Fsp3) is 0.750. The zero-order valence-electron chi connectivity index (χ0n) is 10.9. The molecule has 1 aromatic heterocycles. The van der Waals surface area contributed by atoms with Crippen molar-refractivity contribution in [1.82, 2.24) is 14.9 Å². The van der Waals surface area contributed by atoms with Gasteiger partial charge in [0.15, 0.2) is 0 Å². The summed E-state index contributed by atoms with van der Waals surface area (Å²) in [6.45, 7) is 5.78. The highest BCUT2D eigenvalue weighted by Crippen LogP contribution is 2.08. The van der Waals surface area contributed by atoms with Crippen LogP contribution in [-0.2, 0) is 11.3 Å². The van der Waals surface area contributed by atoms with Crippen molar-refractivity contribution in [3.05, 3.63) is 18.2 Å². The molecule has 0 fully saturated rings. The van der Waals surface area contributed by atoms with Gasteiger partial charge in [-0.1, -0.05) is 0 Å². The molecular formula is C12H23N3O2. The van der Waals surface area contributed by atoms with E-state index < -0.39 is 0 Å². The first kappa shape index (κ1) is 14.2. The molecule has 1 atom stereocenters. The summed E-state index contributed by atoms with van der Waals surface area (Å²) in [7, 11) is 1.67. The first-order valence-corrected chi connectivity index (χ1v) is 6.03. The maximum Gasteiger partial charge on any atom is 0.0951 e. The van der Waals surface area contributed by atoms with Crippen LogP contribution in [0.2, 0.25) is 0 Å². The molecule has 0 aliphatic rings. The van der Waals surface area contributed by atoms with Gasteiger partial charge in [0.05, 0.1) is 18.6 Å². The maximum atomic E-state index is 8.95. The predicted molar refractivity (Wildman–Crippen MR) is 66.8 cm³/mol. The van der Waals surface area contributed by atoms with Crippen molar-refractivity contribution in [2.24, 2.45) is 0 Å². The maximum absolute atomic E-state index is 8.95. The molecule has 5 nitrogen and oxygen atoms in total. The molecule has 0 saturated carbocycles. The van der Waals surface area contributed by atoms with E-state index >= 15 is 0 Å². The Labute approximate surface area is 103 Å². The van der Waals surface area contributed by atoms with E-state index in [2.05, 4.69) is 28.7 Å². The largest absolute Gasteiger partial charge is 0.396 e. The SMILES string of the molecule is COCC(CCO)NCc1cncn1C(C)C. The Hall–Kier alpha value is -0.910. The molecule has 0 radical (unpaired) electrons. The van der Waals surface area contributed by atoms with Crippen molar-refractivity contribution >= 4 is 0 Å². The van der Waals surface area contributed by atoms with Gasteiger partial charge in [-0.15, -0.1) is 0 Å². The third-order valence-corrected chi connectivity index (χ3v) is 2.72. The Morgan fingerprint density at radius 1 is 1.53 bits per heavy atom. The van der Waals surface area contributed by atoms with Crippen molar-refractivity contribution in [2.75, 3.05) is 20.3 Å². The number of aromatic nitrogens is 2. The first-order valence-electron chi connectivity index (χ1n) is 6.03. The normalized spacial score (nSPS) is 13.2. The standard InChI is InChI=1S/C12H23N3O2/c1-10(2)15-9-13-6-12(15)7-14-11(4-5-16)8-17-3/h6,9-11,14,16H,4-5,7-8H2,1-3H3. The molecule has 1 aromatic rings. The predicted octanol–water partition coefficient (Wildman–Crippen LogP) is 0.951. The second kappa shape index (κ2) is 7.42. The van der Waals surface area contributed by atoms with Crippen molar-refractivity contribution in [3.8, 4) is 0 Å². The van der Waals surface area contributed by atoms with Crippen LogP contribution in [0.25, 0.3) is 0 Å². The van der Waals surface area contributed by atoms with Crippen LogP contribution in [0.4, 0.5) is 0 Å². The summed E-state index contributed by atoms with van der Waals surface area (Å²) < 4.78 is 7.24. The summed E-state index contributed by atoms with van der Waals surface area (Å²) in [5, 5.41) is 12.3. The van der Waals surface area contributed by atoms with Crippen LogP contribution in [0.15, 0.2) is 12.5 Å². The molecule has 17 heavy (non-hydrogen) atoms. The van der Waals surface area contributed by atoms with Gasteiger partial charge in [0, 0.05) is 38.5 Å². The molecule has 0 aliphatic heterocycles. The van der Waals surface area contributed by atoms with Crippen LogP contribution in [0.5, 0.6) is 0 Å². The lowest BCUT2D eigenvalue weighted by Crippen LogP contribution is -2.34. The van der Waals surface area contributed by atoms with Crippen LogP contribution in [0, 0.1) is 0 Å². The lowest BCUT2D eigenvalue weighted by atomic mass is 10.2. The van der Waals surface area contributed by atoms with E-state index in [1.165, 1.54) is 0 Å². The first-order chi connectivity index (χ1) is 8.19. The lowest BCUT2D eigenvalue weighted by molar-refractivity contribution is 0.147. The summed E-state index contributed by atoms with van der Waals surface area (Å²) in [6, 6.07) is 0.591. The molecule has 0 saturated heterocycles. The number of aliphatic hydroxyl groups is 1. The molecule has 0 bridgehead atoms. The molecule has 0 amide bonds. The number of rotatable bonds is 8. The monoisotopic (exact) mass is 241 g/mol. The summed E-state index contributed by atoms with van der Waals surface area (Å²) >= 11 is 0. The minimum absolute atomic E-state index is 0.171. The van der Waals surface area contributed by atoms with Gasteiger partial charge in [0.25, 0.3) is 0 Å². The van der Waals surface area contributed by atoms with Crippen LogP contribution in [-0.4, -0.2) is 41.0 Å². The molecule has 1 rings (SSSR count). The molecule has 0 aliphatic carbocycles. The molecule has 0 spiro atoms. The highest BCUT2D eigenvalue weighted by molar-refractivity contribution is 4.99. The Morgan fingerprint density at radius 2 is 2.29 bits per heavy atom. The number of imidazole rings is 1. The number of nitrogens with one attached hydrogen (secondary N) is 1. The molecule has 2 N–H and O–H groups in total. The summed E-state index contributed by atoms with van der Waals surface area (Å²) in [5.74, 6) is 0. The van der Waals surface area contributed by atoms with Gasteiger partial charge in [0.1, 0.15) is 0 Å². The van der Waals surface area contributed by atoms with Crippen molar-refractivity contribution < 1.29 is 9.84 Å². The van der Waals surface area contributed by atoms with Crippen molar-refractivity contribution in [2.45, 2.75) is 38.9 Å². The number of ether oxygens (including phenoxy) is 1. The minimum atomic E-state index is 0.171. The van der Waals surface area contributed by atoms with Gasteiger partial charge in [-0.25, -0.2) is 4.98 Å². The van der Waals surface area contributed by atoms with E-state index in [9.17, 15) is 0 Å². The number of aliphatic hydroxyl groups excluding tert-OH is 1. The topological polar surface area (TPSA) is 59.3 Å². The van der Waals surface area contributed by atoms with Gasteiger partial charge < -0.3 is 19.7 Å². The molecule has 98 valence electrons. The van der Waals surface area contributed by atoms with E-state index in [0.717, 1.165) is 12.2 Å². The Morgan fingerprint density at radius 3 is 2.88 bits per heavy atom. The fourth-order valence-electron chi connectivity index (χ4n) is 1.78. The summed E-state index contributed by atoms with van der Waals surface area (Å²) in [5.41, 5.74) is 1.15. The van der Waals surface area contributed by atoms with Crippen LogP contribution in [0.1, 0.15) is 32.0 Å². The minimum Gasteiger partial charge on any atom is -0.396 e. The van der Waals surface area contributed by atoms with Gasteiger partial charge in [0.2, 0.25) is 0 Å². The van der Waals surface area contributed by atoms with Gasteiger partial charge in [-0.05, 0) is 20.3 Å². The summed E-state index contributed by atoms with van der Waals surface area (Å²) in [6.07, 6.45) is 4.42. The van der Waals surface area contributed by atoms with Crippen molar-refractivity contribution in [3.63, 3.8) is 0 Å². The third-order valence-electron chi connectivity index (χ3n) is 2.72. The van der Waals surface area contributed by atoms with E-state index in [0.29, 0.717) is 19.1 Å². The van der Waals surface area contributed by atoms with Gasteiger partial charge in [-0.2, -0.15) is 0 Å². The number of hydrogen-bond acceptors (Lipinski definition) is 4. The molecule has 0 aromatic carbocycles. The van der Waals surface area contributed by atoms with E-state index in [-0.39, 0.29) is 12.6 Å². The zero-order valence-corrected chi connectivity index (χ0v) is 10.9. The van der Waals surface area contributed by atoms with Crippen LogP contribution in [0.3, 0.4) is 0 Å². The molecule has 5 heteroatoms. The summed E-state index contributed by atoms with van der Waals surface area (Å²) in [4.78, 5) is 4.16. The zero-order chi connectivity index (χ0) is 12.7. The van der Waals surface area contributed by atoms with Crippen LogP contribution < -0.4 is 5.32 Å². The van der Waals surface area contributed by atoms with Crippen molar-refractivity contribution in [1.29, 1.82) is 0 Å². The number of hydrogen-bond donors (Lipinski definition) is 2. The van der Waals surface area contributed by atoms with Gasteiger partial charge >= 0.3 is 0 Å².